The van der Waals surface area contributed by atoms with Gasteiger partial charge in [-0.3, -0.25) is 4.21 Å². The van der Waals surface area contributed by atoms with E-state index in [9.17, 15) is 4.21 Å². The van der Waals surface area contributed by atoms with Crippen molar-refractivity contribution >= 4 is 16.5 Å². The van der Waals surface area contributed by atoms with Crippen molar-refractivity contribution in [3.8, 4) is 0 Å². The van der Waals surface area contributed by atoms with E-state index in [2.05, 4.69) is 0 Å². The number of benzene rings is 1. The van der Waals surface area contributed by atoms with E-state index < -0.39 is 10.8 Å². The van der Waals surface area contributed by atoms with Crippen molar-refractivity contribution in [1.82, 2.24) is 0 Å². The van der Waals surface area contributed by atoms with Crippen LogP contribution in [0.15, 0.2) is 23.1 Å². The molecule has 0 bridgehead atoms. The van der Waals surface area contributed by atoms with Gasteiger partial charge in [-0.25, -0.2) is 0 Å². The normalized spacial score (nSPS) is 18.4. The van der Waals surface area contributed by atoms with Crippen molar-refractivity contribution in [2.75, 3.05) is 11.5 Å². The Balaban J connectivity index is 1.97. The smallest absolute Gasteiger partial charge is 0.0620 e. The predicted octanol–water partition coefficient (Wildman–Crippen LogP) is 3.27. The fourth-order valence-electron chi connectivity index (χ4n) is 2.53. The largest absolute Gasteiger partial charge is 0.398 e. The van der Waals surface area contributed by atoms with Crippen LogP contribution >= 0.6 is 0 Å². The Hall–Kier alpha value is -0.830. The molecule has 0 aliphatic heterocycles. The van der Waals surface area contributed by atoms with Gasteiger partial charge in [0.25, 0.3) is 0 Å². The monoisotopic (exact) mass is 251 g/mol. The molecular weight excluding hydrogens is 230 g/mol. The molecule has 94 valence electrons. The highest BCUT2D eigenvalue weighted by Gasteiger charge is 2.17. The molecule has 0 amide bonds. The maximum atomic E-state index is 12.2. The molecule has 1 aromatic carbocycles. The second-order valence-electron chi connectivity index (χ2n) is 4.98. The van der Waals surface area contributed by atoms with Gasteiger partial charge < -0.3 is 5.73 Å². The molecule has 1 aromatic rings. The zero-order valence-electron chi connectivity index (χ0n) is 10.4. The summed E-state index contributed by atoms with van der Waals surface area (Å²) < 4.78 is 12.2. The Morgan fingerprint density at radius 3 is 2.76 bits per heavy atom. The van der Waals surface area contributed by atoms with Gasteiger partial charge in [0.15, 0.2) is 0 Å². The summed E-state index contributed by atoms with van der Waals surface area (Å²) in [5.74, 6) is 1.56. The third-order valence-corrected chi connectivity index (χ3v) is 5.17. The fraction of sp³-hybridized carbons (Fsp3) is 0.571. The van der Waals surface area contributed by atoms with Crippen molar-refractivity contribution in [2.24, 2.45) is 5.92 Å². The Morgan fingerprint density at radius 1 is 1.35 bits per heavy atom. The predicted molar refractivity (Wildman–Crippen MR) is 73.4 cm³/mol. The first kappa shape index (κ1) is 12.6. The molecule has 1 fully saturated rings. The molecule has 17 heavy (non-hydrogen) atoms. The summed E-state index contributed by atoms with van der Waals surface area (Å²) in [7, 11) is -0.926. The molecule has 0 saturated heterocycles. The number of nitrogen functional groups attached to an aromatic ring is 1. The summed E-state index contributed by atoms with van der Waals surface area (Å²) in [5, 5.41) is 0. The number of para-hydroxylation sites is 1. The van der Waals surface area contributed by atoms with Crippen LogP contribution in [0.1, 0.15) is 37.7 Å². The van der Waals surface area contributed by atoms with Crippen molar-refractivity contribution in [2.45, 2.75) is 43.9 Å². The van der Waals surface area contributed by atoms with Crippen LogP contribution in [0.25, 0.3) is 0 Å². The SMILES string of the molecule is Cc1cccc(S(=O)CCC2CCCC2)c1N. The van der Waals surface area contributed by atoms with Gasteiger partial charge in [-0.15, -0.1) is 0 Å². The Bertz CT molecular complexity index is 411. The standard InChI is InChI=1S/C14H21NOS/c1-11-5-4-8-13(14(11)15)17(16)10-9-12-6-2-3-7-12/h4-5,8,12H,2-3,6-7,9-10,15H2,1H3. The molecule has 2 rings (SSSR count). The third kappa shape index (κ3) is 3.09. The summed E-state index contributed by atoms with van der Waals surface area (Å²) in [6, 6.07) is 5.80. The maximum absolute atomic E-state index is 12.2. The van der Waals surface area contributed by atoms with E-state index in [0.29, 0.717) is 5.69 Å². The van der Waals surface area contributed by atoms with Gasteiger partial charge in [0.1, 0.15) is 0 Å². The van der Waals surface area contributed by atoms with Crippen LogP contribution in [-0.4, -0.2) is 9.96 Å². The van der Waals surface area contributed by atoms with Crippen LogP contribution < -0.4 is 5.73 Å². The van der Waals surface area contributed by atoms with E-state index in [0.717, 1.165) is 28.6 Å². The molecule has 0 heterocycles. The lowest BCUT2D eigenvalue weighted by Crippen LogP contribution is -2.06. The molecule has 0 spiro atoms. The minimum atomic E-state index is -0.926. The summed E-state index contributed by atoms with van der Waals surface area (Å²) in [6.07, 6.45) is 6.43. The Kier molecular flexibility index (Phi) is 4.21. The molecular formula is C14H21NOS. The Labute approximate surface area is 106 Å². The van der Waals surface area contributed by atoms with Crippen LogP contribution in [0.4, 0.5) is 5.69 Å². The van der Waals surface area contributed by atoms with E-state index in [1.807, 2.05) is 25.1 Å². The van der Waals surface area contributed by atoms with E-state index in [1.165, 1.54) is 25.7 Å². The average Bonchev–Trinajstić information content (AvgIpc) is 2.82. The van der Waals surface area contributed by atoms with E-state index >= 15 is 0 Å². The maximum Gasteiger partial charge on any atom is 0.0620 e. The van der Waals surface area contributed by atoms with Crippen LogP contribution in [0.3, 0.4) is 0 Å². The van der Waals surface area contributed by atoms with Gasteiger partial charge >= 0.3 is 0 Å². The van der Waals surface area contributed by atoms with Gasteiger partial charge in [0.2, 0.25) is 0 Å². The molecule has 1 aliphatic carbocycles. The van der Waals surface area contributed by atoms with Crippen molar-refractivity contribution in [3.05, 3.63) is 23.8 Å². The van der Waals surface area contributed by atoms with Crippen molar-refractivity contribution in [1.29, 1.82) is 0 Å². The van der Waals surface area contributed by atoms with Crippen LogP contribution in [0, 0.1) is 12.8 Å². The molecule has 0 radical (unpaired) electrons. The lowest BCUT2D eigenvalue weighted by molar-refractivity contribution is 0.531. The molecule has 1 atom stereocenters. The van der Waals surface area contributed by atoms with Crippen molar-refractivity contribution in [3.63, 3.8) is 0 Å². The van der Waals surface area contributed by atoms with Gasteiger partial charge in [0, 0.05) is 5.75 Å². The fourth-order valence-corrected chi connectivity index (χ4v) is 3.94. The van der Waals surface area contributed by atoms with Crippen LogP contribution in [0.2, 0.25) is 0 Å². The number of hydrogen-bond acceptors (Lipinski definition) is 2. The van der Waals surface area contributed by atoms with Gasteiger partial charge in [-0.1, -0.05) is 37.8 Å². The number of rotatable bonds is 4. The van der Waals surface area contributed by atoms with Crippen molar-refractivity contribution < 1.29 is 4.21 Å². The molecule has 1 aliphatic rings. The van der Waals surface area contributed by atoms with Crippen LogP contribution in [0.5, 0.6) is 0 Å². The summed E-state index contributed by atoms with van der Waals surface area (Å²) >= 11 is 0. The molecule has 3 heteroatoms. The average molecular weight is 251 g/mol. The van der Waals surface area contributed by atoms with E-state index in [1.54, 1.807) is 0 Å². The van der Waals surface area contributed by atoms with Gasteiger partial charge in [0.05, 0.1) is 21.4 Å². The Morgan fingerprint density at radius 2 is 2.06 bits per heavy atom. The summed E-state index contributed by atoms with van der Waals surface area (Å²) in [6.45, 7) is 1.97. The first-order valence-corrected chi connectivity index (χ1v) is 7.74. The number of aryl methyl sites for hydroxylation is 1. The lowest BCUT2D eigenvalue weighted by Gasteiger charge is -2.10. The first-order valence-electron chi connectivity index (χ1n) is 6.42. The quantitative estimate of drug-likeness (QED) is 0.835. The molecule has 0 aromatic heterocycles. The third-order valence-electron chi connectivity index (χ3n) is 3.72. The second kappa shape index (κ2) is 5.67. The highest BCUT2D eigenvalue weighted by Crippen LogP contribution is 2.29. The first-order chi connectivity index (χ1) is 8.18. The topological polar surface area (TPSA) is 43.1 Å². The molecule has 2 N–H and O–H groups in total. The number of nitrogens with two attached hydrogens (primary N) is 1. The molecule has 2 nitrogen and oxygen atoms in total. The summed E-state index contributed by atoms with van der Waals surface area (Å²) in [4.78, 5) is 0.822. The number of hydrogen-bond donors (Lipinski definition) is 1. The second-order valence-corrected chi connectivity index (χ2v) is 6.51. The minimum Gasteiger partial charge on any atom is -0.398 e. The minimum absolute atomic E-state index is 0.706. The zero-order chi connectivity index (χ0) is 12.3. The van der Waals surface area contributed by atoms with E-state index in [-0.39, 0.29) is 0 Å². The van der Waals surface area contributed by atoms with E-state index in [4.69, 9.17) is 5.73 Å². The van der Waals surface area contributed by atoms with Crippen LogP contribution in [-0.2, 0) is 10.8 Å². The lowest BCUT2D eigenvalue weighted by atomic mass is 10.1. The number of anilines is 1. The highest BCUT2D eigenvalue weighted by molar-refractivity contribution is 7.85. The van der Waals surface area contributed by atoms with Gasteiger partial charge in [-0.05, 0) is 30.9 Å². The zero-order valence-corrected chi connectivity index (χ0v) is 11.3. The molecule has 1 unspecified atom stereocenters. The summed E-state index contributed by atoms with van der Waals surface area (Å²) in [5.41, 5.74) is 7.70. The molecule has 1 saturated carbocycles. The van der Waals surface area contributed by atoms with Gasteiger partial charge in [-0.2, -0.15) is 0 Å². The highest BCUT2D eigenvalue weighted by atomic mass is 32.2.